The standard InChI is InChI=1S/C11H11NO/c12-11(13)9-5-4-8-10-6-2-1-3-7-10/h1-9H,(H2,12,13)/b8-4+,9-5+. The number of hydrogen-bond donors (Lipinski definition) is 1. The zero-order valence-corrected chi connectivity index (χ0v) is 7.18. The molecule has 0 fully saturated rings. The average molecular weight is 173 g/mol. The molecule has 1 aromatic carbocycles. The van der Waals surface area contributed by atoms with E-state index in [4.69, 9.17) is 5.73 Å². The Labute approximate surface area is 77.4 Å². The predicted octanol–water partition coefficient (Wildman–Crippen LogP) is 1.74. The number of primary amides is 1. The Kier molecular flexibility index (Phi) is 3.51. The Balaban J connectivity index is 2.55. The topological polar surface area (TPSA) is 43.1 Å². The van der Waals surface area contributed by atoms with Crippen molar-refractivity contribution in [3.63, 3.8) is 0 Å². The molecular weight excluding hydrogens is 162 g/mol. The number of rotatable bonds is 3. The second-order valence-corrected chi connectivity index (χ2v) is 2.53. The van der Waals surface area contributed by atoms with Crippen LogP contribution in [0.3, 0.4) is 0 Å². The Morgan fingerprint density at radius 1 is 1.15 bits per heavy atom. The van der Waals surface area contributed by atoms with Crippen LogP contribution in [0, 0.1) is 0 Å². The van der Waals surface area contributed by atoms with Gasteiger partial charge in [-0.25, -0.2) is 0 Å². The molecule has 0 heterocycles. The normalized spacial score (nSPS) is 11.1. The number of benzene rings is 1. The largest absolute Gasteiger partial charge is 0.366 e. The van der Waals surface area contributed by atoms with Crippen molar-refractivity contribution in [3.8, 4) is 0 Å². The second-order valence-electron chi connectivity index (χ2n) is 2.53. The molecule has 0 saturated heterocycles. The molecule has 0 aliphatic rings. The fourth-order valence-electron chi connectivity index (χ4n) is 0.881. The molecule has 0 saturated carbocycles. The van der Waals surface area contributed by atoms with Crippen molar-refractivity contribution in [1.29, 1.82) is 0 Å². The Morgan fingerprint density at radius 3 is 2.46 bits per heavy atom. The third kappa shape index (κ3) is 3.91. The van der Waals surface area contributed by atoms with Gasteiger partial charge in [-0.05, 0) is 5.56 Å². The lowest BCUT2D eigenvalue weighted by Gasteiger charge is -1.87. The molecule has 0 radical (unpaired) electrons. The Hall–Kier alpha value is -1.83. The van der Waals surface area contributed by atoms with Crippen LogP contribution in [0.1, 0.15) is 5.56 Å². The Morgan fingerprint density at radius 2 is 1.85 bits per heavy atom. The minimum Gasteiger partial charge on any atom is -0.366 e. The van der Waals surface area contributed by atoms with E-state index in [1.807, 2.05) is 36.4 Å². The Bertz CT molecular complexity index is 325. The van der Waals surface area contributed by atoms with Crippen molar-refractivity contribution >= 4 is 12.0 Å². The first-order valence-electron chi connectivity index (χ1n) is 3.98. The predicted molar refractivity (Wildman–Crippen MR) is 53.8 cm³/mol. The molecule has 13 heavy (non-hydrogen) atoms. The van der Waals surface area contributed by atoms with Crippen LogP contribution in [0.4, 0.5) is 0 Å². The maximum absolute atomic E-state index is 10.3. The van der Waals surface area contributed by atoms with Crippen LogP contribution in [0.2, 0.25) is 0 Å². The minimum absolute atomic E-state index is 0.433. The fraction of sp³-hybridized carbons (Fsp3) is 0. The van der Waals surface area contributed by atoms with Crippen LogP contribution in [0.5, 0.6) is 0 Å². The highest BCUT2D eigenvalue weighted by molar-refractivity contribution is 5.86. The first-order chi connectivity index (χ1) is 6.29. The average Bonchev–Trinajstić information content (AvgIpc) is 2.14. The van der Waals surface area contributed by atoms with E-state index in [0.717, 1.165) is 5.56 Å². The summed E-state index contributed by atoms with van der Waals surface area (Å²) < 4.78 is 0. The summed E-state index contributed by atoms with van der Waals surface area (Å²) in [6, 6.07) is 9.83. The van der Waals surface area contributed by atoms with E-state index < -0.39 is 5.91 Å². The SMILES string of the molecule is NC(=O)/C=C/C=C/c1ccccc1. The zero-order chi connectivity index (χ0) is 9.52. The summed E-state index contributed by atoms with van der Waals surface area (Å²) in [5.74, 6) is -0.433. The van der Waals surface area contributed by atoms with Crippen molar-refractivity contribution in [2.45, 2.75) is 0 Å². The van der Waals surface area contributed by atoms with Crippen LogP contribution in [0.25, 0.3) is 6.08 Å². The molecule has 2 heteroatoms. The zero-order valence-electron chi connectivity index (χ0n) is 7.18. The molecule has 1 amide bonds. The highest BCUT2D eigenvalue weighted by atomic mass is 16.1. The van der Waals surface area contributed by atoms with E-state index >= 15 is 0 Å². The van der Waals surface area contributed by atoms with E-state index in [1.165, 1.54) is 6.08 Å². The molecule has 0 atom stereocenters. The van der Waals surface area contributed by atoms with Crippen molar-refractivity contribution in [2.24, 2.45) is 5.73 Å². The quantitative estimate of drug-likeness (QED) is 0.549. The van der Waals surface area contributed by atoms with Crippen LogP contribution in [-0.4, -0.2) is 5.91 Å². The third-order valence-electron chi connectivity index (χ3n) is 1.46. The lowest BCUT2D eigenvalue weighted by Crippen LogP contribution is -2.04. The van der Waals surface area contributed by atoms with E-state index in [1.54, 1.807) is 12.2 Å². The number of carbonyl (C=O) groups is 1. The van der Waals surface area contributed by atoms with Crippen molar-refractivity contribution < 1.29 is 4.79 Å². The van der Waals surface area contributed by atoms with Gasteiger partial charge >= 0.3 is 0 Å². The first kappa shape index (κ1) is 9.26. The molecule has 0 aliphatic heterocycles. The minimum atomic E-state index is -0.433. The van der Waals surface area contributed by atoms with Crippen molar-refractivity contribution in [3.05, 3.63) is 54.1 Å². The van der Waals surface area contributed by atoms with Gasteiger partial charge in [0.25, 0.3) is 0 Å². The fourth-order valence-corrected chi connectivity index (χ4v) is 0.881. The summed E-state index contributed by atoms with van der Waals surface area (Å²) in [5.41, 5.74) is 6.01. The lowest BCUT2D eigenvalue weighted by atomic mass is 10.2. The molecule has 0 unspecified atom stereocenters. The molecule has 0 bridgehead atoms. The van der Waals surface area contributed by atoms with Crippen molar-refractivity contribution in [1.82, 2.24) is 0 Å². The highest BCUT2D eigenvalue weighted by Crippen LogP contribution is 2.00. The number of amides is 1. The van der Waals surface area contributed by atoms with Crippen LogP contribution < -0.4 is 5.73 Å². The number of carbonyl (C=O) groups excluding carboxylic acids is 1. The molecule has 0 spiro atoms. The highest BCUT2D eigenvalue weighted by Gasteiger charge is 1.81. The molecule has 0 aliphatic carbocycles. The summed E-state index contributed by atoms with van der Waals surface area (Å²) in [7, 11) is 0. The second kappa shape index (κ2) is 4.93. The third-order valence-corrected chi connectivity index (χ3v) is 1.46. The van der Waals surface area contributed by atoms with Crippen LogP contribution in [-0.2, 0) is 4.79 Å². The van der Waals surface area contributed by atoms with Gasteiger partial charge in [0.05, 0.1) is 0 Å². The summed E-state index contributed by atoms with van der Waals surface area (Å²) in [5, 5.41) is 0. The van der Waals surface area contributed by atoms with E-state index in [9.17, 15) is 4.79 Å². The van der Waals surface area contributed by atoms with Crippen molar-refractivity contribution in [2.75, 3.05) is 0 Å². The number of hydrogen-bond acceptors (Lipinski definition) is 1. The van der Waals surface area contributed by atoms with Gasteiger partial charge in [0.2, 0.25) is 5.91 Å². The molecule has 2 N–H and O–H groups in total. The molecule has 2 nitrogen and oxygen atoms in total. The molecule has 66 valence electrons. The van der Waals surface area contributed by atoms with Crippen LogP contribution in [0.15, 0.2) is 48.6 Å². The van der Waals surface area contributed by atoms with Gasteiger partial charge in [-0.1, -0.05) is 48.6 Å². The van der Waals surface area contributed by atoms with Gasteiger partial charge in [-0.3, -0.25) is 4.79 Å². The molecular formula is C11H11NO. The molecule has 1 rings (SSSR count). The maximum atomic E-state index is 10.3. The van der Waals surface area contributed by atoms with Gasteiger partial charge in [0, 0.05) is 6.08 Å². The van der Waals surface area contributed by atoms with Gasteiger partial charge in [-0.2, -0.15) is 0 Å². The van der Waals surface area contributed by atoms with Gasteiger partial charge in [0.15, 0.2) is 0 Å². The first-order valence-corrected chi connectivity index (χ1v) is 3.98. The van der Waals surface area contributed by atoms with Gasteiger partial charge in [0.1, 0.15) is 0 Å². The summed E-state index contributed by atoms with van der Waals surface area (Å²) >= 11 is 0. The smallest absolute Gasteiger partial charge is 0.241 e. The number of allylic oxidation sites excluding steroid dienone is 2. The van der Waals surface area contributed by atoms with E-state index in [0.29, 0.717) is 0 Å². The van der Waals surface area contributed by atoms with Gasteiger partial charge in [-0.15, -0.1) is 0 Å². The van der Waals surface area contributed by atoms with Gasteiger partial charge < -0.3 is 5.73 Å². The monoisotopic (exact) mass is 173 g/mol. The van der Waals surface area contributed by atoms with E-state index in [2.05, 4.69) is 0 Å². The van der Waals surface area contributed by atoms with E-state index in [-0.39, 0.29) is 0 Å². The molecule has 0 aromatic heterocycles. The summed E-state index contributed by atoms with van der Waals surface area (Å²) in [6.07, 6.45) is 6.62. The lowest BCUT2D eigenvalue weighted by molar-refractivity contribution is -0.113. The molecule has 1 aromatic rings. The summed E-state index contributed by atoms with van der Waals surface area (Å²) in [4.78, 5) is 10.3. The van der Waals surface area contributed by atoms with Crippen LogP contribution >= 0.6 is 0 Å². The number of nitrogens with two attached hydrogens (primary N) is 1. The maximum Gasteiger partial charge on any atom is 0.241 e. The summed E-state index contributed by atoms with van der Waals surface area (Å²) in [6.45, 7) is 0.